The quantitative estimate of drug-likeness (QED) is 0.746. The number of carbonyl (C=O) groups excluding carboxylic acids is 1. The van der Waals surface area contributed by atoms with Crippen molar-refractivity contribution in [1.29, 1.82) is 0 Å². The van der Waals surface area contributed by atoms with Gasteiger partial charge in [-0.1, -0.05) is 13.8 Å². The first-order valence-corrected chi connectivity index (χ1v) is 7.83. The number of rotatable bonds is 4. The summed E-state index contributed by atoms with van der Waals surface area (Å²) in [6.07, 6.45) is 3.50. The number of amides is 1. The van der Waals surface area contributed by atoms with E-state index in [-0.39, 0.29) is 17.1 Å². The summed E-state index contributed by atoms with van der Waals surface area (Å²) in [5.41, 5.74) is 0. The van der Waals surface area contributed by atoms with E-state index in [0.717, 1.165) is 12.8 Å². The molecule has 94 valence electrons. The molecule has 1 saturated heterocycles. The van der Waals surface area contributed by atoms with Crippen LogP contribution in [0.1, 0.15) is 33.1 Å². The van der Waals surface area contributed by atoms with E-state index in [9.17, 15) is 13.2 Å². The standard InChI is InChI=1S/C11H21NO3S/c1-4-9(5-2)11(13)12-7-6-10(8-12)16(3,14)15/h9-10H,4-8H2,1-3H3. The van der Waals surface area contributed by atoms with Gasteiger partial charge in [-0.25, -0.2) is 8.42 Å². The second-order valence-corrected chi connectivity index (χ2v) is 6.86. The third kappa shape index (κ3) is 2.97. The van der Waals surface area contributed by atoms with E-state index in [4.69, 9.17) is 0 Å². The molecule has 1 unspecified atom stereocenters. The fourth-order valence-corrected chi connectivity index (χ4v) is 3.16. The van der Waals surface area contributed by atoms with Gasteiger partial charge < -0.3 is 4.90 Å². The number of likely N-dealkylation sites (tertiary alicyclic amines) is 1. The zero-order valence-corrected chi connectivity index (χ0v) is 11.1. The Balaban J connectivity index is 2.63. The molecular weight excluding hydrogens is 226 g/mol. The minimum Gasteiger partial charge on any atom is -0.341 e. The zero-order valence-electron chi connectivity index (χ0n) is 10.3. The van der Waals surface area contributed by atoms with Crippen LogP contribution in [0.4, 0.5) is 0 Å². The monoisotopic (exact) mass is 247 g/mol. The van der Waals surface area contributed by atoms with Gasteiger partial charge >= 0.3 is 0 Å². The molecule has 0 aliphatic carbocycles. The average Bonchev–Trinajstić information content (AvgIpc) is 2.67. The molecule has 0 radical (unpaired) electrons. The van der Waals surface area contributed by atoms with E-state index in [1.54, 1.807) is 4.90 Å². The topological polar surface area (TPSA) is 54.5 Å². The van der Waals surface area contributed by atoms with Crippen LogP contribution in [0.5, 0.6) is 0 Å². The van der Waals surface area contributed by atoms with Crippen molar-refractivity contribution in [3.63, 3.8) is 0 Å². The van der Waals surface area contributed by atoms with Crippen molar-refractivity contribution in [3.8, 4) is 0 Å². The highest BCUT2D eigenvalue weighted by molar-refractivity contribution is 7.91. The fraction of sp³-hybridized carbons (Fsp3) is 0.909. The Bertz CT molecular complexity index is 346. The molecule has 1 amide bonds. The van der Waals surface area contributed by atoms with Crippen LogP contribution in [0.3, 0.4) is 0 Å². The van der Waals surface area contributed by atoms with Crippen LogP contribution in [0.15, 0.2) is 0 Å². The maximum Gasteiger partial charge on any atom is 0.225 e. The molecular formula is C11H21NO3S. The van der Waals surface area contributed by atoms with Crippen LogP contribution in [0.25, 0.3) is 0 Å². The van der Waals surface area contributed by atoms with Gasteiger partial charge in [0.15, 0.2) is 9.84 Å². The van der Waals surface area contributed by atoms with Crippen LogP contribution in [0, 0.1) is 5.92 Å². The molecule has 1 heterocycles. The average molecular weight is 247 g/mol. The molecule has 0 aromatic carbocycles. The molecule has 1 aliphatic heterocycles. The van der Waals surface area contributed by atoms with E-state index < -0.39 is 9.84 Å². The summed E-state index contributed by atoms with van der Waals surface area (Å²) in [5.74, 6) is 0.175. The predicted molar refractivity (Wildman–Crippen MR) is 63.9 cm³/mol. The Morgan fingerprint density at radius 3 is 2.31 bits per heavy atom. The van der Waals surface area contributed by atoms with E-state index in [1.165, 1.54) is 6.26 Å². The summed E-state index contributed by atoms with van der Waals surface area (Å²) in [4.78, 5) is 13.7. The van der Waals surface area contributed by atoms with Crippen LogP contribution in [-0.4, -0.2) is 43.8 Å². The largest absolute Gasteiger partial charge is 0.341 e. The summed E-state index contributed by atoms with van der Waals surface area (Å²) < 4.78 is 22.7. The van der Waals surface area contributed by atoms with Gasteiger partial charge in [0.25, 0.3) is 0 Å². The van der Waals surface area contributed by atoms with Crippen LogP contribution in [0.2, 0.25) is 0 Å². The highest BCUT2D eigenvalue weighted by Crippen LogP contribution is 2.20. The zero-order chi connectivity index (χ0) is 12.3. The lowest BCUT2D eigenvalue weighted by Gasteiger charge is -2.21. The van der Waals surface area contributed by atoms with Gasteiger partial charge in [0.05, 0.1) is 5.25 Å². The smallest absolute Gasteiger partial charge is 0.225 e. The predicted octanol–water partition coefficient (Wildman–Crippen LogP) is 1.07. The molecule has 1 atom stereocenters. The second-order valence-electron chi connectivity index (χ2n) is 4.54. The van der Waals surface area contributed by atoms with Gasteiger partial charge in [0.1, 0.15) is 0 Å². The molecule has 0 spiro atoms. The van der Waals surface area contributed by atoms with Gasteiger partial charge in [0, 0.05) is 25.3 Å². The Labute approximate surface area is 97.9 Å². The maximum atomic E-state index is 12.0. The second kappa shape index (κ2) is 5.17. The van der Waals surface area contributed by atoms with Crippen molar-refractivity contribution in [1.82, 2.24) is 4.90 Å². The molecule has 4 nitrogen and oxygen atoms in total. The summed E-state index contributed by atoms with van der Waals surface area (Å²) in [6, 6.07) is 0. The minimum atomic E-state index is -3.00. The molecule has 0 aromatic rings. The lowest BCUT2D eigenvalue weighted by atomic mass is 10.0. The summed E-state index contributed by atoms with van der Waals surface area (Å²) in [5, 5.41) is -0.356. The minimum absolute atomic E-state index is 0.0540. The highest BCUT2D eigenvalue weighted by atomic mass is 32.2. The third-order valence-electron chi connectivity index (χ3n) is 3.40. The van der Waals surface area contributed by atoms with Gasteiger partial charge in [0.2, 0.25) is 5.91 Å². The van der Waals surface area contributed by atoms with Gasteiger partial charge in [-0.15, -0.1) is 0 Å². The molecule has 1 rings (SSSR count). The fourth-order valence-electron chi connectivity index (χ4n) is 2.17. The Kier molecular flexibility index (Phi) is 4.35. The Hall–Kier alpha value is -0.580. The molecule has 0 aromatic heterocycles. The molecule has 0 bridgehead atoms. The molecule has 5 heteroatoms. The van der Waals surface area contributed by atoms with Crippen LogP contribution < -0.4 is 0 Å². The van der Waals surface area contributed by atoms with Crippen LogP contribution >= 0.6 is 0 Å². The summed E-state index contributed by atoms with van der Waals surface area (Å²) in [7, 11) is -3.00. The number of nitrogens with zero attached hydrogens (tertiary/aromatic N) is 1. The van der Waals surface area contributed by atoms with Gasteiger partial charge in [-0.05, 0) is 19.3 Å². The lowest BCUT2D eigenvalue weighted by Crippen LogP contribution is -2.35. The van der Waals surface area contributed by atoms with Crippen molar-refractivity contribution >= 4 is 15.7 Å². The molecule has 0 N–H and O–H groups in total. The Morgan fingerprint density at radius 1 is 1.38 bits per heavy atom. The van der Waals surface area contributed by atoms with Crippen molar-refractivity contribution in [3.05, 3.63) is 0 Å². The third-order valence-corrected chi connectivity index (χ3v) is 4.99. The molecule has 1 aliphatic rings. The van der Waals surface area contributed by atoms with Crippen LogP contribution in [-0.2, 0) is 14.6 Å². The SMILES string of the molecule is CCC(CC)C(=O)N1CCC(S(C)(=O)=O)C1. The highest BCUT2D eigenvalue weighted by Gasteiger charge is 2.34. The van der Waals surface area contributed by atoms with E-state index in [0.29, 0.717) is 19.5 Å². The van der Waals surface area contributed by atoms with Crippen molar-refractivity contribution in [2.45, 2.75) is 38.4 Å². The normalized spacial score (nSPS) is 21.8. The number of sulfone groups is 1. The number of carbonyl (C=O) groups is 1. The van der Waals surface area contributed by atoms with E-state index >= 15 is 0 Å². The first kappa shape index (κ1) is 13.5. The van der Waals surface area contributed by atoms with E-state index in [1.807, 2.05) is 13.8 Å². The first-order chi connectivity index (χ1) is 7.40. The lowest BCUT2D eigenvalue weighted by molar-refractivity contribution is -0.134. The number of hydrogen-bond acceptors (Lipinski definition) is 3. The summed E-state index contributed by atoms with van der Waals surface area (Å²) >= 11 is 0. The van der Waals surface area contributed by atoms with Crippen molar-refractivity contribution < 1.29 is 13.2 Å². The number of hydrogen-bond donors (Lipinski definition) is 0. The van der Waals surface area contributed by atoms with Gasteiger partial charge in [-0.3, -0.25) is 4.79 Å². The maximum absolute atomic E-state index is 12.0. The molecule has 1 fully saturated rings. The van der Waals surface area contributed by atoms with E-state index in [2.05, 4.69) is 0 Å². The first-order valence-electron chi connectivity index (χ1n) is 5.87. The Morgan fingerprint density at radius 2 is 1.94 bits per heavy atom. The van der Waals surface area contributed by atoms with Gasteiger partial charge in [-0.2, -0.15) is 0 Å². The molecule has 0 saturated carbocycles. The molecule has 16 heavy (non-hydrogen) atoms. The van der Waals surface area contributed by atoms with Crippen molar-refractivity contribution in [2.75, 3.05) is 19.3 Å². The van der Waals surface area contributed by atoms with Crippen molar-refractivity contribution in [2.24, 2.45) is 5.92 Å². The summed E-state index contributed by atoms with van der Waals surface area (Å²) in [6.45, 7) is 4.97.